The largest absolute Gasteiger partial charge is 0.497 e. The molecule has 1 fully saturated rings. The van der Waals surface area contributed by atoms with Crippen LogP contribution in [0.1, 0.15) is 32.1 Å². The van der Waals surface area contributed by atoms with Gasteiger partial charge >= 0.3 is 5.69 Å². The van der Waals surface area contributed by atoms with Crippen LogP contribution in [0.4, 0.5) is 0 Å². The zero-order valence-electron chi connectivity index (χ0n) is 19.0. The summed E-state index contributed by atoms with van der Waals surface area (Å²) in [4.78, 5) is 47.2. The molecule has 1 aromatic carbocycles. The quantitative estimate of drug-likeness (QED) is 0.436. The minimum atomic E-state index is -0.482. The number of amides is 1. The molecule has 0 spiro atoms. The lowest BCUT2D eigenvalue weighted by molar-refractivity contribution is -0.119. The van der Waals surface area contributed by atoms with Gasteiger partial charge in [-0.05, 0) is 37.1 Å². The second-order valence-electron chi connectivity index (χ2n) is 8.18. The third-order valence-corrected chi connectivity index (χ3v) is 6.90. The summed E-state index contributed by atoms with van der Waals surface area (Å²) < 4.78 is 7.57. The number of aromatic nitrogens is 4. The van der Waals surface area contributed by atoms with Gasteiger partial charge in [0, 0.05) is 25.7 Å². The predicted molar refractivity (Wildman–Crippen MR) is 128 cm³/mol. The number of benzene rings is 1. The first kappa shape index (κ1) is 23.0. The van der Waals surface area contributed by atoms with Gasteiger partial charge in [-0.3, -0.25) is 18.7 Å². The highest BCUT2D eigenvalue weighted by molar-refractivity contribution is 8.00. The van der Waals surface area contributed by atoms with E-state index in [1.165, 1.54) is 29.8 Å². The van der Waals surface area contributed by atoms with Crippen LogP contribution in [0.3, 0.4) is 0 Å². The van der Waals surface area contributed by atoms with Crippen LogP contribution in [0, 0.1) is 0 Å². The zero-order valence-corrected chi connectivity index (χ0v) is 19.8. The maximum Gasteiger partial charge on any atom is 0.332 e. The Labute approximate surface area is 195 Å². The van der Waals surface area contributed by atoms with Gasteiger partial charge in [-0.25, -0.2) is 14.8 Å². The van der Waals surface area contributed by atoms with Gasteiger partial charge in [-0.2, -0.15) is 0 Å². The van der Waals surface area contributed by atoms with Crippen LogP contribution in [0.25, 0.3) is 22.4 Å². The molecule has 4 rings (SSSR count). The van der Waals surface area contributed by atoms with Crippen molar-refractivity contribution < 1.29 is 9.53 Å². The second-order valence-corrected chi connectivity index (χ2v) is 9.14. The van der Waals surface area contributed by atoms with Crippen molar-refractivity contribution in [2.45, 2.75) is 43.2 Å². The molecule has 1 aliphatic carbocycles. The summed E-state index contributed by atoms with van der Waals surface area (Å²) in [6.07, 6.45) is 5.46. The molecule has 1 aliphatic rings. The molecule has 0 atom stereocenters. The fourth-order valence-corrected chi connectivity index (χ4v) is 4.88. The Hall–Kier alpha value is -3.14. The van der Waals surface area contributed by atoms with Crippen molar-refractivity contribution in [2.75, 3.05) is 12.9 Å². The predicted octanol–water partition coefficient (Wildman–Crippen LogP) is 2.24. The molecule has 0 bridgehead atoms. The van der Waals surface area contributed by atoms with Crippen LogP contribution < -0.4 is 21.3 Å². The van der Waals surface area contributed by atoms with E-state index in [2.05, 4.69) is 15.3 Å². The first-order valence-electron chi connectivity index (χ1n) is 10.9. The molecule has 3 aromatic rings. The average Bonchev–Trinajstić information content (AvgIpc) is 2.85. The summed E-state index contributed by atoms with van der Waals surface area (Å²) in [5, 5.41) is 3.69. The summed E-state index contributed by atoms with van der Waals surface area (Å²) >= 11 is 1.18. The number of aryl methyl sites for hydroxylation is 1. The minimum Gasteiger partial charge on any atom is -0.497 e. The van der Waals surface area contributed by atoms with Gasteiger partial charge in [0.15, 0.2) is 11.5 Å². The molecular formula is C23H27N5O4S. The third-order valence-electron chi connectivity index (χ3n) is 5.93. The first-order valence-corrected chi connectivity index (χ1v) is 11.9. The van der Waals surface area contributed by atoms with Crippen molar-refractivity contribution in [3.05, 3.63) is 45.1 Å². The van der Waals surface area contributed by atoms with E-state index in [9.17, 15) is 14.4 Å². The normalized spacial score (nSPS) is 14.4. The third kappa shape index (κ3) is 4.80. The Morgan fingerprint density at radius 2 is 1.79 bits per heavy atom. The number of hydrogen-bond acceptors (Lipinski definition) is 7. The molecule has 1 N–H and O–H groups in total. The molecule has 1 saturated carbocycles. The fraction of sp³-hybridized carbons (Fsp3) is 0.435. The molecule has 10 heteroatoms. The number of fused-ring (bicyclic) bond motifs is 1. The van der Waals surface area contributed by atoms with Crippen LogP contribution >= 0.6 is 11.8 Å². The Balaban J connectivity index is 1.73. The van der Waals surface area contributed by atoms with E-state index < -0.39 is 11.2 Å². The van der Waals surface area contributed by atoms with E-state index in [0.29, 0.717) is 22.2 Å². The lowest BCUT2D eigenvalue weighted by Gasteiger charge is -2.22. The average molecular weight is 470 g/mol. The Morgan fingerprint density at radius 1 is 1.09 bits per heavy atom. The van der Waals surface area contributed by atoms with E-state index in [1.54, 1.807) is 26.3 Å². The number of rotatable bonds is 6. The Morgan fingerprint density at radius 3 is 2.45 bits per heavy atom. The molecule has 0 radical (unpaired) electrons. The van der Waals surface area contributed by atoms with Crippen molar-refractivity contribution in [2.24, 2.45) is 14.1 Å². The lowest BCUT2D eigenvalue weighted by Crippen LogP contribution is -2.38. The number of methoxy groups -OCH3 is 1. The molecule has 9 nitrogen and oxygen atoms in total. The Kier molecular flexibility index (Phi) is 6.83. The highest BCUT2D eigenvalue weighted by Crippen LogP contribution is 2.27. The van der Waals surface area contributed by atoms with Crippen molar-refractivity contribution >= 4 is 28.7 Å². The molecule has 2 heterocycles. The van der Waals surface area contributed by atoms with E-state index in [4.69, 9.17) is 4.74 Å². The summed E-state index contributed by atoms with van der Waals surface area (Å²) in [7, 11) is 4.57. The summed E-state index contributed by atoms with van der Waals surface area (Å²) in [6.45, 7) is 0. The van der Waals surface area contributed by atoms with Crippen LogP contribution in [-0.4, -0.2) is 43.9 Å². The van der Waals surface area contributed by atoms with Crippen LogP contribution in [0.2, 0.25) is 0 Å². The van der Waals surface area contributed by atoms with Crippen molar-refractivity contribution in [1.29, 1.82) is 0 Å². The fourth-order valence-electron chi connectivity index (χ4n) is 4.05. The molecule has 2 aromatic heterocycles. The smallest absolute Gasteiger partial charge is 0.332 e. The van der Waals surface area contributed by atoms with Gasteiger partial charge in [-0.15, -0.1) is 0 Å². The molecule has 0 aliphatic heterocycles. The van der Waals surface area contributed by atoms with Crippen molar-refractivity contribution in [3.63, 3.8) is 0 Å². The van der Waals surface area contributed by atoms with Gasteiger partial charge in [0.25, 0.3) is 5.56 Å². The van der Waals surface area contributed by atoms with Crippen molar-refractivity contribution in [3.8, 4) is 17.1 Å². The number of nitrogens with one attached hydrogen (secondary N) is 1. The number of hydrogen-bond donors (Lipinski definition) is 1. The summed E-state index contributed by atoms with van der Waals surface area (Å²) in [5.41, 5.74) is -0.0131. The monoisotopic (exact) mass is 469 g/mol. The topological polar surface area (TPSA) is 108 Å². The molecule has 0 saturated heterocycles. The standard InChI is InChI=1S/C23H27N5O4S/c1-27-20-18(22(30)28(2)23(27)31)21(33-13-17(29)24-15-7-5-4-6-8-15)26-19(25-20)14-9-11-16(32-3)12-10-14/h9-12,15H,4-8,13H2,1-3H3,(H,24,29). The molecule has 174 valence electrons. The number of ether oxygens (including phenoxy) is 1. The summed E-state index contributed by atoms with van der Waals surface area (Å²) in [5.74, 6) is 1.08. The SMILES string of the molecule is COc1ccc(-c2nc(SCC(=O)NC3CCCCC3)c3c(=O)n(C)c(=O)n(C)c3n2)cc1. The van der Waals surface area contributed by atoms with Gasteiger partial charge in [0.2, 0.25) is 5.91 Å². The van der Waals surface area contributed by atoms with Crippen molar-refractivity contribution in [1.82, 2.24) is 24.4 Å². The van der Waals surface area contributed by atoms with Gasteiger partial charge in [-0.1, -0.05) is 31.0 Å². The van der Waals surface area contributed by atoms with Crippen LogP contribution in [-0.2, 0) is 18.9 Å². The van der Waals surface area contributed by atoms with E-state index in [0.717, 1.165) is 30.3 Å². The van der Waals surface area contributed by atoms with E-state index >= 15 is 0 Å². The van der Waals surface area contributed by atoms with Crippen LogP contribution in [0.15, 0.2) is 38.9 Å². The van der Waals surface area contributed by atoms with Gasteiger partial charge in [0.05, 0.1) is 12.9 Å². The molecule has 1 amide bonds. The highest BCUT2D eigenvalue weighted by atomic mass is 32.2. The van der Waals surface area contributed by atoms with E-state index in [1.807, 2.05) is 12.1 Å². The Bertz CT molecular complexity index is 1290. The summed E-state index contributed by atoms with van der Waals surface area (Å²) in [6, 6.07) is 7.40. The number of carbonyl (C=O) groups excluding carboxylic acids is 1. The zero-order chi connectivity index (χ0) is 23.5. The molecule has 0 unspecified atom stereocenters. The minimum absolute atomic E-state index is 0.0914. The molecular weight excluding hydrogens is 442 g/mol. The first-order chi connectivity index (χ1) is 15.9. The van der Waals surface area contributed by atoms with Gasteiger partial charge < -0.3 is 10.1 Å². The van der Waals surface area contributed by atoms with Crippen LogP contribution in [0.5, 0.6) is 5.75 Å². The van der Waals surface area contributed by atoms with E-state index in [-0.39, 0.29) is 28.7 Å². The maximum absolute atomic E-state index is 13.0. The maximum atomic E-state index is 13.0. The second kappa shape index (κ2) is 9.78. The molecule has 33 heavy (non-hydrogen) atoms. The lowest BCUT2D eigenvalue weighted by atomic mass is 9.95. The number of nitrogens with zero attached hydrogens (tertiary/aromatic N) is 4. The number of carbonyl (C=O) groups is 1. The number of thioether (sulfide) groups is 1. The highest BCUT2D eigenvalue weighted by Gasteiger charge is 2.20. The van der Waals surface area contributed by atoms with Gasteiger partial charge in [0.1, 0.15) is 16.2 Å².